The van der Waals surface area contributed by atoms with Crippen molar-refractivity contribution in [2.45, 2.75) is 19.4 Å². The topological polar surface area (TPSA) is 83.3 Å². The first-order valence-corrected chi connectivity index (χ1v) is 12.4. The molecule has 9 heteroatoms. The predicted octanol–water partition coefficient (Wildman–Crippen LogP) is 5.04. The number of nitrogens with zero attached hydrogens (tertiary/aromatic N) is 3. The Morgan fingerprint density at radius 3 is 2.60 bits per heavy atom. The zero-order valence-corrected chi connectivity index (χ0v) is 20.6. The fourth-order valence-electron chi connectivity index (χ4n) is 4.22. The molecule has 180 valence electrons. The lowest BCUT2D eigenvalue weighted by molar-refractivity contribution is 0.0944. The molecule has 3 N–H and O–H groups in total. The second-order valence-corrected chi connectivity index (χ2v) is 9.53. The molecule has 0 saturated carbocycles. The number of nitrogens with one attached hydrogen (secondary N) is 3. The lowest BCUT2D eigenvalue weighted by atomic mass is 9.98. The van der Waals surface area contributed by atoms with Crippen LogP contribution in [0.5, 0.6) is 0 Å². The number of aromatic nitrogens is 3. The van der Waals surface area contributed by atoms with Crippen molar-refractivity contribution in [3.05, 3.63) is 82.0 Å². The van der Waals surface area contributed by atoms with Crippen LogP contribution in [0.1, 0.15) is 28.8 Å². The van der Waals surface area contributed by atoms with Gasteiger partial charge in [0, 0.05) is 24.2 Å². The Morgan fingerprint density at radius 2 is 1.83 bits per heavy atom. The Morgan fingerprint density at radius 1 is 1.03 bits per heavy atom. The molecule has 35 heavy (non-hydrogen) atoms. The smallest absolute Gasteiger partial charge is 0.251 e. The van der Waals surface area contributed by atoms with Crippen LogP contribution >= 0.6 is 23.2 Å². The minimum absolute atomic E-state index is 0.0415. The largest absolute Gasteiger partial charge is 0.365 e. The highest BCUT2D eigenvalue weighted by molar-refractivity contribution is 6.42. The summed E-state index contributed by atoms with van der Waals surface area (Å²) < 4.78 is 1.80. The van der Waals surface area contributed by atoms with Crippen LogP contribution in [0.25, 0.3) is 16.9 Å². The van der Waals surface area contributed by atoms with E-state index in [1.54, 1.807) is 16.8 Å². The van der Waals surface area contributed by atoms with Gasteiger partial charge in [-0.2, -0.15) is 0 Å². The number of carbonyl (C=O) groups is 1. The summed E-state index contributed by atoms with van der Waals surface area (Å²) in [5.74, 6) is 1.21. The van der Waals surface area contributed by atoms with Gasteiger partial charge in [0.05, 0.1) is 21.9 Å². The van der Waals surface area contributed by atoms with E-state index in [0.717, 1.165) is 54.9 Å². The van der Waals surface area contributed by atoms with Crippen LogP contribution < -0.4 is 16.0 Å². The van der Waals surface area contributed by atoms with Crippen LogP contribution in [-0.4, -0.2) is 40.1 Å². The van der Waals surface area contributed by atoms with Gasteiger partial charge in [-0.05, 0) is 73.8 Å². The van der Waals surface area contributed by atoms with Crippen molar-refractivity contribution in [3.63, 3.8) is 0 Å². The monoisotopic (exact) mass is 508 g/mol. The van der Waals surface area contributed by atoms with Gasteiger partial charge in [0.2, 0.25) is 0 Å². The van der Waals surface area contributed by atoms with Crippen LogP contribution in [0, 0.1) is 5.92 Å². The van der Waals surface area contributed by atoms with Gasteiger partial charge in [-0.15, -0.1) is 5.10 Å². The summed E-state index contributed by atoms with van der Waals surface area (Å²) in [5.41, 5.74) is 4.17. The minimum atomic E-state index is -0.0415. The number of hydrogen-bond donors (Lipinski definition) is 3. The van der Waals surface area contributed by atoms with Gasteiger partial charge in [-0.25, -0.2) is 9.50 Å². The molecule has 0 aliphatic carbocycles. The van der Waals surface area contributed by atoms with E-state index in [4.69, 9.17) is 28.3 Å². The van der Waals surface area contributed by atoms with E-state index >= 15 is 0 Å². The third-order valence-corrected chi connectivity index (χ3v) is 7.01. The number of rotatable bonds is 7. The molecule has 0 radical (unpaired) electrons. The standard InChI is InChI=1S/C26H26Cl2N6O/c27-21-6-1-18(13-22(21)28)15-30-24-7-8-25-31-16-23(34(25)33-24)19-2-4-20(5-3-19)26(35)32-14-17-9-11-29-12-10-17/h1-8,13,16-17,29H,9-12,14-15H2,(H,30,33)(H,32,35). The number of benzene rings is 2. The van der Waals surface area contributed by atoms with Crippen molar-refractivity contribution in [1.29, 1.82) is 0 Å². The fraction of sp³-hybridized carbons (Fsp3) is 0.269. The van der Waals surface area contributed by atoms with Gasteiger partial charge in [-0.3, -0.25) is 4.79 Å². The number of anilines is 1. The zero-order valence-electron chi connectivity index (χ0n) is 19.1. The lowest BCUT2D eigenvalue weighted by Gasteiger charge is -2.22. The maximum atomic E-state index is 12.6. The van der Waals surface area contributed by atoms with Crippen LogP contribution in [-0.2, 0) is 6.54 Å². The number of carbonyl (C=O) groups excluding carboxylic acids is 1. The first kappa shape index (κ1) is 23.6. The van der Waals surface area contributed by atoms with Gasteiger partial charge in [0.15, 0.2) is 5.65 Å². The molecule has 1 aliphatic rings. The first-order chi connectivity index (χ1) is 17.1. The minimum Gasteiger partial charge on any atom is -0.365 e. The zero-order chi connectivity index (χ0) is 24.2. The average Bonchev–Trinajstić information content (AvgIpc) is 3.32. The lowest BCUT2D eigenvalue weighted by Crippen LogP contribution is -2.35. The second kappa shape index (κ2) is 10.6. The Balaban J connectivity index is 1.27. The second-order valence-electron chi connectivity index (χ2n) is 8.71. The number of amides is 1. The molecular formula is C26H26Cl2N6O. The van der Waals surface area contributed by atoms with E-state index in [-0.39, 0.29) is 5.91 Å². The van der Waals surface area contributed by atoms with E-state index in [0.29, 0.717) is 33.9 Å². The molecule has 5 rings (SSSR count). The summed E-state index contributed by atoms with van der Waals surface area (Å²) in [5, 5.41) is 15.5. The van der Waals surface area contributed by atoms with E-state index in [1.165, 1.54) is 0 Å². The number of halogens is 2. The average molecular weight is 509 g/mol. The van der Waals surface area contributed by atoms with E-state index < -0.39 is 0 Å². The highest BCUT2D eigenvalue weighted by atomic mass is 35.5. The molecule has 1 aliphatic heterocycles. The maximum Gasteiger partial charge on any atom is 0.251 e. The van der Waals surface area contributed by atoms with Gasteiger partial charge < -0.3 is 16.0 Å². The van der Waals surface area contributed by atoms with E-state index in [9.17, 15) is 4.79 Å². The van der Waals surface area contributed by atoms with Crippen molar-refractivity contribution >= 4 is 40.6 Å². The molecule has 0 bridgehead atoms. The van der Waals surface area contributed by atoms with Crippen molar-refractivity contribution < 1.29 is 4.79 Å². The van der Waals surface area contributed by atoms with Gasteiger partial charge in [-0.1, -0.05) is 41.4 Å². The normalized spacial score (nSPS) is 14.2. The van der Waals surface area contributed by atoms with Gasteiger partial charge >= 0.3 is 0 Å². The first-order valence-electron chi connectivity index (χ1n) is 11.7. The molecule has 1 fully saturated rings. The van der Waals surface area contributed by atoms with E-state index in [1.807, 2.05) is 48.5 Å². The molecular weight excluding hydrogens is 483 g/mol. The van der Waals surface area contributed by atoms with Crippen molar-refractivity contribution in [2.75, 3.05) is 25.0 Å². The summed E-state index contributed by atoms with van der Waals surface area (Å²) >= 11 is 12.1. The Hall–Kier alpha value is -3.13. The summed E-state index contributed by atoms with van der Waals surface area (Å²) in [7, 11) is 0. The molecule has 1 amide bonds. The molecule has 2 aromatic carbocycles. The van der Waals surface area contributed by atoms with E-state index in [2.05, 4.69) is 20.9 Å². The Labute approximate surface area is 213 Å². The van der Waals surface area contributed by atoms with Crippen LogP contribution in [0.4, 0.5) is 5.82 Å². The van der Waals surface area contributed by atoms with Crippen molar-refractivity contribution in [1.82, 2.24) is 25.2 Å². The molecule has 2 aromatic heterocycles. The van der Waals surface area contributed by atoms with Crippen molar-refractivity contribution in [2.24, 2.45) is 5.92 Å². The SMILES string of the molecule is O=C(NCC1CCNCC1)c1ccc(-c2cnc3ccc(NCc4ccc(Cl)c(Cl)c4)nn23)cc1. The molecule has 4 aromatic rings. The number of piperidine rings is 1. The molecule has 3 heterocycles. The molecule has 0 spiro atoms. The van der Waals surface area contributed by atoms with Crippen LogP contribution in [0.3, 0.4) is 0 Å². The summed E-state index contributed by atoms with van der Waals surface area (Å²) in [4.78, 5) is 17.1. The Bertz CT molecular complexity index is 1330. The maximum absolute atomic E-state index is 12.6. The van der Waals surface area contributed by atoms with Crippen LogP contribution in [0.2, 0.25) is 10.0 Å². The number of hydrogen-bond acceptors (Lipinski definition) is 5. The Kier molecular flexibility index (Phi) is 7.18. The number of fused-ring (bicyclic) bond motifs is 1. The van der Waals surface area contributed by atoms with Crippen LogP contribution in [0.15, 0.2) is 60.8 Å². The summed E-state index contributed by atoms with van der Waals surface area (Å²) in [6.07, 6.45) is 3.99. The number of imidazole rings is 1. The predicted molar refractivity (Wildman–Crippen MR) is 140 cm³/mol. The molecule has 0 atom stereocenters. The quantitative estimate of drug-likeness (QED) is 0.325. The van der Waals surface area contributed by atoms with Gasteiger partial charge in [0.25, 0.3) is 5.91 Å². The van der Waals surface area contributed by atoms with Gasteiger partial charge in [0.1, 0.15) is 5.82 Å². The molecule has 7 nitrogen and oxygen atoms in total. The highest BCUT2D eigenvalue weighted by Gasteiger charge is 2.15. The summed E-state index contributed by atoms with van der Waals surface area (Å²) in [6.45, 7) is 3.32. The highest BCUT2D eigenvalue weighted by Crippen LogP contribution is 2.24. The fourth-order valence-corrected chi connectivity index (χ4v) is 4.54. The summed E-state index contributed by atoms with van der Waals surface area (Å²) in [6, 6.07) is 16.9. The third kappa shape index (κ3) is 5.59. The third-order valence-electron chi connectivity index (χ3n) is 6.27. The molecule has 0 unspecified atom stereocenters. The molecule has 1 saturated heterocycles. The van der Waals surface area contributed by atoms with Crippen molar-refractivity contribution in [3.8, 4) is 11.3 Å².